The number of piperazine rings is 1. The molecule has 2 aromatic heterocycles. The number of H-pyrrole nitrogens is 1. The number of hydrogen-bond donors (Lipinski definition) is 3. The fourth-order valence-electron chi connectivity index (χ4n) is 7.13. The van der Waals surface area contributed by atoms with Crippen molar-refractivity contribution in [3.8, 4) is 22.6 Å². The van der Waals surface area contributed by atoms with Gasteiger partial charge < -0.3 is 20.9 Å². The van der Waals surface area contributed by atoms with Gasteiger partial charge in [-0.3, -0.25) is 19.6 Å². The summed E-state index contributed by atoms with van der Waals surface area (Å²) < 4.78 is 13.5. The summed E-state index contributed by atoms with van der Waals surface area (Å²) in [7, 11) is 33.3. The number of rotatable bonds is 13. The third-order valence-electron chi connectivity index (χ3n) is 10.6. The largest absolute Gasteiger partial charge is 0.368 e. The highest BCUT2D eigenvalue weighted by atomic mass is 33.2. The molecule has 67 heavy (non-hydrogen) atoms. The van der Waals surface area contributed by atoms with E-state index in [0.29, 0.717) is 36.7 Å². The van der Waals surface area contributed by atoms with Crippen molar-refractivity contribution in [3.63, 3.8) is 0 Å². The summed E-state index contributed by atoms with van der Waals surface area (Å²) in [5.74, 6) is 0.115. The zero-order valence-electron chi connectivity index (χ0n) is 37.0. The molecule has 15 atom stereocenters. The van der Waals surface area contributed by atoms with Crippen molar-refractivity contribution in [2.24, 2.45) is 5.73 Å². The summed E-state index contributed by atoms with van der Waals surface area (Å²) in [6.07, 6.45) is 4.07. The highest BCUT2D eigenvalue weighted by Gasteiger charge is 2.42. The van der Waals surface area contributed by atoms with E-state index in [1.165, 1.54) is 12.1 Å². The van der Waals surface area contributed by atoms with Crippen molar-refractivity contribution in [2.75, 3.05) is 49.5 Å². The number of aromatic nitrogens is 4. The molecule has 7 rings (SSSR count). The first-order valence-corrected chi connectivity index (χ1v) is 53.0. The molecule has 5 aromatic rings. The summed E-state index contributed by atoms with van der Waals surface area (Å²) in [4.78, 5) is 41.9. The van der Waals surface area contributed by atoms with Crippen molar-refractivity contribution in [3.05, 3.63) is 90.5 Å². The molecule has 0 saturated carbocycles. The van der Waals surface area contributed by atoms with Crippen molar-refractivity contribution < 1.29 is 14.0 Å². The van der Waals surface area contributed by atoms with Crippen LogP contribution < -0.4 is 16.0 Å². The third kappa shape index (κ3) is 18.0. The summed E-state index contributed by atoms with van der Waals surface area (Å²) in [6.45, 7) is 8.40. The first-order chi connectivity index (χ1) is 31.7. The minimum absolute atomic E-state index is 0.0255. The van der Waals surface area contributed by atoms with E-state index >= 15 is 0 Å². The van der Waals surface area contributed by atoms with Gasteiger partial charge in [0.1, 0.15) is 11.4 Å². The molecule has 31 heteroatoms. The van der Waals surface area contributed by atoms with Crippen LogP contribution in [0.15, 0.2) is 79.1 Å². The maximum atomic E-state index is 13.5. The van der Waals surface area contributed by atoms with E-state index in [1.807, 2.05) is 53.4 Å². The average Bonchev–Trinajstić information content (AvgIpc) is 3.90. The topological polar surface area (TPSA) is 136 Å². The molecule has 3 aromatic carbocycles. The molecule has 2 amide bonds. The zero-order chi connectivity index (χ0) is 49.2. The van der Waals surface area contributed by atoms with Gasteiger partial charge >= 0.3 is 0 Å². The fraction of sp³-hybridized carbons (Fsp3) is 0.306. The summed E-state index contributed by atoms with van der Waals surface area (Å²) in [6, 6.07) is 19.8. The van der Waals surface area contributed by atoms with Gasteiger partial charge in [-0.2, -0.15) is 5.10 Å². The van der Waals surface area contributed by atoms with Crippen molar-refractivity contribution in [1.82, 2.24) is 30.0 Å². The number of carbonyl (C=O) groups is 2. The van der Waals surface area contributed by atoms with Gasteiger partial charge in [0.05, 0.1) is 17.8 Å². The number of fused-ring (bicyclic) bond motifs is 1. The maximum absolute atomic E-state index is 13.5. The molecule has 2 aliphatic rings. The molecule has 2 aliphatic heterocycles. The lowest BCUT2D eigenvalue weighted by Crippen LogP contribution is -2.57. The van der Waals surface area contributed by atoms with Crippen LogP contribution >= 0.6 is 155 Å². The van der Waals surface area contributed by atoms with Crippen LogP contribution in [0.3, 0.4) is 0 Å². The molecular weight excluding hydrogens is 1200 g/mol. The lowest BCUT2D eigenvalue weighted by Gasteiger charge is -2.41. The van der Waals surface area contributed by atoms with Gasteiger partial charge in [-0.25, -0.2) is 14.4 Å². The lowest BCUT2D eigenvalue weighted by atomic mass is 9.98. The lowest BCUT2D eigenvalue weighted by molar-refractivity contribution is -0.134. The van der Waals surface area contributed by atoms with Crippen LogP contribution in [0.2, 0.25) is 0 Å². The molecule has 14 unspecified atom stereocenters. The second-order valence-corrected chi connectivity index (χ2v) is 82.6. The highest BCUT2D eigenvalue weighted by Crippen LogP contribution is 3.12. The highest BCUT2D eigenvalue weighted by molar-refractivity contribution is 9.18. The number of benzene rings is 3. The maximum Gasteiger partial charge on any atom is 0.245 e. The standard InChI is InChI=1S/C36H38FN9O2.H13P11.H10P8/c1-23-18-39-34(40-19-23)26-5-10-29(11-6-26)45-15-16-46(24(2)20-45)32(47)21-44-14-13-36(38,22-44)35(48)41-28-9-12-31-30(17-28)33(43-42-31)25-3-7-27(37)8-4-25;1-7-10(6)11(8(2)3)9(4)5;1-6(2)8(5)7(3)4/h3-12,17-19,24H,13-16,20-22,38H2,1-2H3,(H,41,48)(H,42,43);7H,1-6H2;1-5H2/t24-,36?;;/m1../s1. The Balaban J connectivity index is 0.000000371. The number of amides is 2. The van der Waals surface area contributed by atoms with Crippen molar-refractivity contribution in [1.29, 1.82) is 0 Å². The van der Waals surface area contributed by atoms with Gasteiger partial charge in [0.15, 0.2) is 5.82 Å². The Bertz CT molecular complexity index is 2360. The predicted octanol–water partition coefficient (Wildman–Crippen LogP) is 14.4. The third-order valence-corrected chi connectivity index (χ3v) is 107. The van der Waals surface area contributed by atoms with Crippen LogP contribution in [-0.2, 0) is 9.59 Å². The van der Waals surface area contributed by atoms with Crippen LogP contribution in [0.1, 0.15) is 18.9 Å². The Labute approximate surface area is 430 Å². The Morgan fingerprint density at radius 2 is 1.48 bits per heavy atom. The van der Waals surface area contributed by atoms with Gasteiger partial charge in [0.25, 0.3) is 0 Å². The predicted molar refractivity (Wildman–Crippen MR) is 347 cm³/mol. The number of anilines is 2. The summed E-state index contributed by atoms with van der Waals surface area (Å²) in [5.41, 5.74) is 11.4. The van der Waals surface area contributed by atoms with Crippen LogP contribution in [-0.4, -0.2) is 92.6 Å². The van der Waals surface area contributed by atoms with E-state index in [2.05, 4.69) is 148 Å². The van der Waals surface area contributed by atoms with E-state index < -0.39 is 5.54 Å². The Kier molecular flexibility index (Phi) is 26.8. The van der Waals surface area contributed by atoms with E-state index in [-0.39, 0.29) is 85.7 Å². The van der Waals surface area contributed by atoms with Gasteiger partial charge in [-0.1, -0.05) is 7.96 Å². The number of nitrogens with zero attached hydrogens (tertiary/aromatic N) is 6. The van der Waals surface area contributed by atoms with E-state index in [4.69, 9.17) is 5.73 Å². The molecule has 4 heterocycles. The minimum Gasteiger partial charge on any atom is -0.368 e. The smallest absolute Gasteiger partial charge is 0.245 e. The number of hydrogen-bond acceptors (Lipinski definition) is 8. The second kappa shape index (κ2) is 29.5. The van der Waals surface area contributed by atoms with Gasteiger partial charge in [0.2, 0.25) is 11.8 Å². The molecule has 364 valence electrons. The molecule has 2 fully saturated rings. The van der Waals surface area contributed by atoms with Gasteiger partial charge in [-0.15, -0.1) is 98.2 Å². The summed E-state index contributed by atoms with van der Waals surface area (Å²) >= 11 is 0. The normalized spacial score (nSPS) is 18.4. The molecular formula is C36H61FN9O2P19. The Morgan fingerprint density at radius 3 is 2.01 bits per heavy atom. The number of aryl methyl sites for hydroxylation is 1. The van der Waals surface area contributed by atoms with E-state index in [9.17, 15) is 14.0 Å². The molecule has 0 spiro atoms. The average molecular weight is 1260 g/mol. The number of likely N-dealkylation sites (tertiary alicyclic amines) is 1. The molecule has 4 N–H and O–H groups in total. The first-order valence-electron chi connectivity index (χ1n) is 20.2. The monoisotopic (exact) mass is 1260 g/mol. The fourth-order valence-corrected chi connectivity index (χ4v) is 131. The SMILES string of the molecule is Cc1cnc(-c2ccc(N3CCN(C(=O)CN4CCC(N)(C(=O)Nc5ccc6[nH]nc(-c7ccc(F)cc7)c6c5)C4)[C@H](C)C3)cc2)nc1.PP(P)P(P)P(P)P.PPP(P)P(P(P)P)P(P)P. The minimum atomic E-state index is -1.13. The Morgan fingerprint density at radius 1 is 0.866 bits per heavy atom. The molecule has 0 radical (unpaired) electrons. The number of nitrogens with one attached hydrogen (secondary N) is 2. The van der Waals surface area contributed by atoms with Crippen LogP contribution in [0.25, 0.3) is 33.5 Å². The van der Waals surface area contributed by atoms with Crippen LogP contribution in [0.4, 0.5) is 15.8 Å². The first kappa shape index (κ1) is 60.8. The number of nitrogens with two attached hydrogens (primary N) is 1. The number of carbonyl (C=O) groups excluding carboxylic acids is 2. The molecule has 0 bridgehead atoms. The van der Waals surface area contributed by atoms with Crippen LogP contribution in [0, 0.1) is 12.7 Å². The van der Waals surface area contributed by atoms with Crippen molar-refractivity contribution in [2.45, 2.75) is 31.8 Å². The van der Waals surface area contributed by atoms with E-state index in [1.54, 1.807) is 18.2 Å². The number of halogens is 1. The Hall–Kier alpha value is 2.97. The van der Waals surface area contributed by atoms with E-state index in [0.717, 1.165) is 54.3 Å². The number of aromatic amines is 1. The molecule has 2 saturated heterocycles. The summed E-state index contributed by atoms with van der Waals surface area (Å²) in [5, 5.41) is 11.1. The van der Waals surface area contributed by atoms with Gasteiger partial charge in [-0.05, 0) is 141 Å². The second-order valence-electron chi connectivity index (χ2n) is 15.5. The van der Waals surface area contributed by atoms with Crippen molar-refractivity contribution >= 4 is 189 Å². The zero-order valence-corrected chi connectivity index (χ0v) is 56.9. The molecule has 11 nitrogen and oxygen atoms in total. The van der Waals surface area contributed by atoms with Gasteiger partial charge in [0, 0.05) is 79.0 Å². The van der Waals surface area contributed by atoms with Crippen LogP contribution in [0.5, 0.6) is 0 Å². The molecule has 0 aliphatic carbocycles. The quantitative estimate of drug-likeness (QED) is 0.0992.